The number of nitrogens with zero attached hydrogens (tertiary/aromatic N) is 3. The summed E-state index contributed by atoms with van der Waals surface area (Å²) in [4.78, 5) is 28.5. The second-order valence-electron chi connectivity index (χ2n) is 5.42. The molecule has 1 fully saturated rings. The molecule has 0 aromatic heterocycles. The highest BCUT2D eigenvalue weighted by Gasteiger charge is 2.22. The maximum Gasteiger partial charge on any atom is 0.319 e. The number of hydrogen-bond donors (Lipinski definition) is 1. The molecule has 0 bridgehead atoms. The Labute approximate surface area is 121 Å². The second-order valence-corrected chi connectivity index (χ2v) is 5.42. The lowest BCUT2D eigenvalue weighted by Gasteiger charge is -2.27. The van der Waals surface area contributed by atoms with Gasteiger partial charge in [-0.25, -0.2) is 4.79 Å². The minimum Gasteiger partial charge on any atom is -0.480 e. The van der Waals surface area contributed by atoms with Crippen LogP contribution in [0.2, 0.25) is 0 Å². The van der Waals surface area contributed by atoms with Crippen molar-refractivity contribution >= 4 is 12.0 Å². The number of amides is 2. The van der Waals surface area contributed by atoms with Crippen molar-refractivity contribution in [1.82, 2.24) is 14.7 Å². The molecule has 0 aromatic carbocycles. The second kappa shape index (κ2) is 8.79. The van der Waals surface area contributed by atoms with E-state index in [0.717, 1.165) is 38.8 Å². The third-order valence-corrected chi connectivity index (χ3v) is 3.64. The zero-order valence-electron chi connectivity index (χ0n) is 12.7. The molecule has 20 heavy (non-hydrogen) atoms. The SMILES string of the molecule is CCCCCN(C)C(=O)N1CCCN(CC(=O)O)CC1. The Kier molecular flexibility index (Phi) is 7.36. The average molecular weight is 285 g/mol. The molecular weight excluding hydrogens is 258 g/mol. The molecular formula is C14H27N3O3. The Morgan fingerprint density at radius 2 is 1.90 bits per heavy atom. The van der Waals surface area contributed by atoms with E-state index >= 15 is 0 Å². The number of urea groups is 1. The van der Waals surface area contributed by atoms with Crippen molar-refractivity contribution in [2.75, 3.05) is 46.3 Å². The molecule has 0 spiro atoms. The molecule has 0 radical (unpaired) electrons. The van der Waals surface area contributed by atoms with Gasteiger partial charge in [0, 0.05) is 39.8 Å². The minimum atomic E-state index is -0.804. The van der Waals surface area contributed by atoms with Gasteiger partial charge in [-0.15, -0.1) is 0 Å². The first kappa shape index (κ1) is 16.8. The molecule has 0 aromatic rings. The van der Waals surface area contributed by atoms with Gasteiger partial charge in [-0.1, -0.05) is 19.8 Å². The lowest BCUT2D eigenvalue weighted by molar-refractivity contribution is -0.138. The zero-order valence-corrected chi connectivity index (χ0v) is 12.7. The van der Waals surface area contributed by atoms with Crippen LogP contribution in [-0.4, -0.2) is 78.1 Å². The van der Waals surface area contributed by atoms with E-state index in [1.54, 1.807) is 4.90 Å². The number of carboxylic acid groups (broad SMARTS) is 1. The van der Waals surface area contributed by atoms with Crippen molar-refractivity contribution in [1.29, 1.82) is 0 Å². The number of aliphatic carboxylic acids is 1. The van der Waals surface area contributed by atoms with E-state index in [4.69, 9.17) is 5.11 Å². The molecule has 1 saturated heterocycles. The van der Waals surface area contributed by atoms with Gasteiger partial charge >= 0.3 is 12.0 Å². The number of carbonyl (C=O) groups excluding carboxylic acids is 1. The Morgan fingerprint density at radius 1 is 1.15 bits per heavy atom. The molecule has 1 rings (SSSR count). The van der Waals surface area contributed by atoms with Crippen molar-refractivity contribution in [2.45, 2.75) is 32.6 Å². The summed E-state index contributed by atoms with van der Waals surface area (Å²) in [6, 6.07) is 0.0679. The first-order valence-corrected chi connectivity index (χ1v) is 7.48. The van der Waals surface area contributed by atoms with Gasteiger partial charge in [-0.2, -0.15) is 0 Å². The highest BCUT2D eigenvalue weighted by molar-refractivity contribution is 5.74. The quantitative estimate of drug-likeness (QED) is 0.748. The number of unbranched alkanes of at least 4 members (excludes halogenated alkanes) is 2. The van der Waals surface area contributed by atoms with E-state index in [9.17, 15) is 9.59 Å². The summed E-state index contributed by atoms with van der Waals surface area (Å²) >= 11 is 0. The van der Waals surface area contributed by atoms with Crippen molar-refractivity contribution < 1.29 is 14.7 Å². The van der Waals surface area contributed by atoms with Crippen LogP contribution >= 0.6 is 0 Å². The minimum absolute atomic E-state index is 0.0639. The Hall–Kier alpha value is -1.30. The predicted octanol–water partition coefficient (Wildman–Crippen LogP) is 1.32. The molecule has 6 nitrogen and oxygen atoms in total. The number of rotatable bonds is 6. The monoisotopic (exact) mass is 285 g/mol. The van der Waals surface area contributed by atoms with Gasteiger partial charge in [0.2, 0.25) is 0 Å². The maximum atomic E-state index is 12.3. The van der Waals surface area contributed by atoms with Crippen LogP contribution in [0.1, 0.15) is 32.6 Å². The molecule has 0 saturated carbocycles. The molecule has 2 amide bonds. The maximum absolute atomic E-state index is 12.3. The first-order valence-electron chi connectivity index (χ1n) is 7.48. The van der Waals surface area contributed by atoms with Crippen LogP contribution in [0.15, 0.2) is 0 Å². The highest BCUT2D eigenvalue weighted by Crippen LogP contribution is 2.07. The number of carboxylic acids is 1. The summed E-state index contributed by atoms with van der Waals surface area (Å²) in [5.41, 5.74) is 0. The van der Waals surface area contributed by atoms with Crippen molar-refractivity contribution in [3.05, 3.63) is 0 Å². The first-order chi connectivity index (χ1) is 9.54. The van der Waals surface area contributed by atoms with Crippen LogP contribution in [0, 0.1) is 0 Å². The Bertz CT molecular complexity index is 323. The molecule has 0 aliphatic carbocycles. The molecule has 0 atom stereocenters. The Morgan fingerprint density at radius 3 is 2.55 bits per heavy atom. The molecule has 1 aliphatic rings. The lowest BCUT2D eigenvalue weighted by atomic mass is 10.2. The van der Waals surface area contributed by atoms with E-state index in [1.807, 2.05) is 16.8 Å². The van der Waals surface area contributed by atoms with E-state index < -0.39 is 5.97 Å². The molecule has 6 heteroatoms. The molecule has 116 valence electrons. The van der Waals surface area contributed by atoms with Crippen molar-refractivity contribution in [2.24, 2.45) is 0 Å². The van der Waals surface area contributed by atoms with Gasteiger partial charge in [-0.3, -0.25) is 9.69 Å². The number of carbonyl (C=O) groups is 2. The normalized spacial score (nSPS) is 16.8. The summed E-state index contributed by atoms with van der Waals surface area (Å²) in [6.07, 6.45) is 4.17. The van der Waals surface area contributed by atoms with Gasteiger partial charge in [0.25, 0.3) is 0 Å². The summed E-state index contributed by atoms with van der Waals surface area (Å²) < 4.78 is 0. The van der Waals surface area contributed by atoms with Gasteiger partial charge in [0.05, 0.1) is 6.54 Å². The van der Waals surface area contributed by atoms with E-state index in [0.29, 0.717) is 19.6 Å². The highest BCUT2D eigenvalue weighted by atomic mass is 16.4. The van der Waals surface area contributed by atoms with E-state index in [-0.39, 0.29) is 12.6 Å². The summed E-state index contributed by atoms with van der Waals surface area (Å²) in [7, 11) is 1.85. The standard InChI is InChI=1S/C14H27N3O3/c1-3-4-5-7-15(2)14(20)17-9-6-8-16(10-11-17)12-13(18)19/h3-12H2,1-2H3,(H,18,19). The fraction of sp³-hybridized carbons (Fsp3) is 0.857. The predicted molar refractivity (Wildman–Crippen MR) is 77.8 cm³/mol. The average Bonchev–Trinajstić information content (AvgIpc) is 2.63. The largest absolute Gasteiger partial charge is 0.480 e. The van der Waals surface area contributed by atoms with E-state index in [2.05, 4.69) is 6.92 Å². The Balaban J connectivity index is 2.39. The van der Waals surface area contributed by atoms with Crippen LogP contribution in [0.3, 0.4) is 0 Å². The summed E-state index contributed by atoms with van der Waals surface area (Å²) in [5, 5.41) is 8.81. The van der Waals surface area contributed by atoms with Gasteiger partial charge in [0.15, 0.2) is 0 Å². The molecule has 1 N–H and O–H groups in total. The fourth-order valence-electron chi connectivity index (χ4n) is 2.45. The van der Waals surface area contributed by atoms with Gasteiger partial charge < -0.3 is 14.9 Å². The van der Waals surface area contributed by atoms with Crippen LogP contribution in [0.25, 0.3) is 0 Å². The third kappa shape index (κ3) is 5.77. The zero-order chi connectivity index (χ0) is 15.0. The number of hydrogen-bond acceptors (Lipinski definition) is 3. The third-order valence-electron chi connectivity index (χ3n) is 3.64. The van der Waals surface area contributed by atoms with Crippen LogP contribution in [0.5, 0.6) is 0 Å². The summed E-state index contributed by atoms with van der Waals surface area (Å²) in [5.74, 6) is -0.804. The van der Waals surface area contributed by atoms with Crippen LogP contribution in [0.4, 0.5) is 4.79 Å². The van der Waals surface area contributed by atoms with Crippen LogP contribution in [-0.2, 0) is 4.79 Å². The van der Waals surface area contributed by atoms with Crippen molar-refractivity contribution in [3.63, 3.8) is 0 Å². The fourth-order valence-corrected chi connectivity index (χ4v) is 2.45. The summed E-state index contributed by atoms with van der Waals surface area (Å²) in [6.45, 7) is 5.72. The van der Waals surface area contributed by atoms with Crippen molar-refractivity contribution in [3.8, 4) is 0 Å². The van der Waals surface area contributed by atoms with Crippen LogP contribution < -0.4 is 0 Å². The topological polar surface area (TPSA) is 64.1 Å². The molecule has 1 aliphatic heterocycles. The smallest absolute Gasteiger partial charge is 0.319 e. The van der Waals surface area contributed by atoms with Gasteiger partial charge in [0.1, 0.15) is 0 Å². The van der Waals surface area contributed by atoms with Gasteiger partial charge in [-0.05, 0) is 12.8 Å². The molecule has 1 heterocycles. The molecule has 0 unspecified atom stereocenters. The lowest BCUT2D eigenvalue weighted by Crippen LogP contribution is -2.43. The van der Waals surface area contributed by atoms with E-state index in [1.165, 1.54) is 0 Å².